The maximum Gasteiger partial charge on any atom is 0.192 e. The van der Waals surface area contributed by atoms with E-state index in [0.29, 0.717) is 6.61 Å². The lowest BCUT2D eigenvalue weighted by Crippen LogP contribution is -2.46. The second-order valence-electron chi connectivity index (χ2n) is 8.67. The average molecular weight is 435 g/mol. The van der Waals surface area contributed by atoms with Crippen LogP contribution in [0.5, 0.6) is 0 Å². The summed E-state index contributed by atoms with van der Waals surface area (Å²) >= 11 is 2.32. The zero-order valence-corrected chi connectivity index (χ0v) is 19.6. The van der Waals surface area contributed by atoms with Crippen LogP contribution in [0.1, 0.15) is 53.1 Å². The van der Waals surface area contributed by atoms with Gasteiger partial charge in [-0.1, -0.05) is 48.8 Å². The first-order valence-corrected chi connectivity index (χ1v) is 13.2. The highest BCUT2D eigenvalue weighted by Gasteiger charge is 2.38. The molecule has 1 aromatic rings. The fourth-order valence-electron chi connectivity index (χ4n) is 1.71. The molecule has 0 aromatic heterocycles. The molecular weight excluding hydrogens is 402 g/mol. The predicted octanol–water partition coefficient (Wildman–Crippen LogP) is 5.56. The smallest absolute Gasteiger partial charge is 0.192 e. The van der Waals surface area contributed by atoms with Gasteiger partial charge in [0.25, 0.3) is 0 Å². The molecule has 0 radical (unpaired) electrons. The quantitative estimate of drug-likeness (QED) is 0.471. The number of benzene rings is 1. The Morgan fingerprint density at radius 2 is 1.62 bits per heavy atom. The summed E-state index contributed by atoms with van der Waals surface area (Å²) in [4.78, 5) is 0. The summed E-state index contributed by atoms with van der Waals surface area (Å²) < 4.78 is 23.0. The molecular formula is C18H32BrNO2SSi. The van der Waals surface area contributed by atoms with Gasteiger partial charge in [-0.05, 0) is 56.6 Å². The molecule has 0 aliphatic rings. The number of hydrogen-bond donors (Lipinski definition) is 1. The Bertz CT molecular complexity index is 523. The Morgan fingerprint density at radius 1 is 1.12 bits per heavy atom. The van der Waals surface area contributed by atoms with Crippen molar-refractivity contribution in [1.82, 2.24) is 4.72 Å². The van der Waals surface area contributed by atoms with E-state index in [-0.39, 0.29) is 15.8 Å². The van der Waals surface area contributed by atoms with Gasteiger partial charge in [-0.15, -0.1) is 4.72 Å². The van der Waals surface area contributed by atoms with Crippen LogP contribution in [0, 0.1) is 0 Å². The van der Waals surface area contributed by atoms with Crippen LogP contribution in [-0.4, -0.2) is 24.2 Å². The largest absolute Gasteiger partial charge is 0.598 e. The van der Waals surface area contributed by atoms with E-state index in [4.69, 9.17) is 4.43 Å². The number of hydrogen-bond acceptors (Lipinski definition) is 3. The molecule has 1 unspecified atom stereocenters. The molecule has 0 saturated heterocycles. The first-order valence-electron chi connectivity index (χ1n) is 8.31. The third-order valence-electron chi connectivity index (χ3n) is 4.49. The first kappa shape index (κ1) is 22.2. The maximum absolute atomic E-state index is 12.6. The van der Waals surface area contributed by atoms with Crippen molar-refractivity contribution >= 4 is 35.6 Å². The van der Waals surface area contributed by atoms with E-state index >= 15 is 0 Å². The lowest BCUT2D eigenvalue weighted by molar-refractivity contribution is 0.256. The van der Waals surface area contributed by atoms with E-state index in [1.54, 1.807) is 0 Å². The molecule has 1 N–H and O–H groups in total. The molecule has 2 atom stereocenters. The molecule has 1 rings (SSSR count). The van der Waals surface area contributed by atoms with Crippen LogP contribution in [0.4, 0.5) is 0 Å². The van der Waals surface area contributed by atoms with E-state index < -0.39 is 19.7 Å². The van der Waals surface area contributed by atoms with E-state index in [2.05, 4.69) is 66.7 Å². The Hall–Kier alpha value is 0.147. The van der Waals surface area contributed by atoms with Gasteiger partial charge in [0, 0.05) is 15.8 Å². The van der Waals surface area contributed by atoms with Gasteiger partial charge in [0.2, 0.25) is 0 Å². The minimum Gasteiger partial charge on any atom is -0.598 e. The van der Waals surface area contributed by atoms with Gasteiger partial charge >= 0.3 is 0 Å². The molecule has 0 aliphatic carbocycles. The molecule has 138 valence electrons. The van der Waals surface area contributed by atoms with Crippen LogP contribution in [0.3, 0.4) is 0 Å². The second-order valence-corrected chi connectivity index (χ2v) is 16.4. The van der Waals surface area contributed by atoms with E-state index in [1.807, 2.05) is 32.9 Å². The zero-order valence-electron chi connectivity index (χ0n) is 16.2. The minimum atomic E-state index is -1.86. The summed E-state index contributed by atoms with van der Waals surface area (Å²) in [5.74, 6) is 0. The summed E-state index contributed by atoms with van der Waals surface area (Å²) in [5.41, 5.74) is 1.09. The van der Waals surface area contributed by atoms with Crippen molar-refractivity contribution in [1.29, 1.82) is 0 Å². The van der Waals surface area contributed by atoms with Crippen molar-refractivity contribution in [2.75, 3.05) is 6.61 Å². The minimum absolute atomic E-state index is 0.0905. The summed E-state index contributed by atoms with van der Waals surface area (Å²) in [7, 11) is -1.86. The maximum atomic E-state index is 12.6. The van der Waals surface area contributed by atoms with Gasteiger partial charge in [-0.2, -0.15) is 0 Å². The molecule has 6 heteroatoms. The second kappa shape index (κ2) is 8.23. The zero-order chi connectivity index (χ0) is 18.8. The van der Waals surface area contributed by atoms with Crippen LogP contribution < -0.4 is 4.72 Å². The van der Waals surface area contributed by atoms with Gasteiger partial charge in [0.15, 0.2) is 8.32 Å². The van der Waals surface area contributed by atoms with Crippen molar-refractivity contribution in [2.24, 2.45) is 0 Å². The molecule has 3 nitrogen and oxygen atoms in total. The Balaban J connectivity index is 2.95. The lowest BCUT2D eigenvalue weighted by Gasteiger charge is -2.37. The van der Waals surface area contributed by atoms with Crippen LogP contribution in [-0.2, 0) is 15.8 Å². The highest BCUT2D eigenvalue weighted by atomic mass is 79.9. The average Bonchev–Trinajstić information content (AvgIpc) is 2.42. The highest BCUT2D eigenvalue weighted by Crippen LogP contribution is 2.37. The van der Waals surface area contributed by atoms with Crippen molar-refractivity contribution < 1.29 is 8.98 Å². The lowest BCUT2D eigenvalue weighted by atomic mass is 10.1. The van der Waals surface area contributed by atoms with Crippen molar-refractivity contribution in [3.05, 3.63) is 34.3 Å². The van der Waals surface area contributed by atoms with Crippen molar-refractivity contribution in [2.45, 2.75) is 70.5 Å². The third-order valence-corrected chi connectivity index (χ3v) is 11.1. The van der Waals surface area contributed by atoms with Gasteiger partial charge in [-0.3, -0.25) is 0 Å². The van der Waals surface area contributed by atoms with Crippen molar-refractivity contribution in [3.8, 4) is 0 Å². The molecule has 0 spiro atoms. The van der Waals surface area contributed by atoms with Gasteiger partial charge < -0.3 is 8.98 Å². The summed E-state index contributed by atoms with van der Waals surface area (Å²) in [5, 5.41) is 0.153. The van der Waals surface area contributed by atoms with E-state index in [9.17, 15) is 4.55 Å². The normalized spacial score (nSPS) is 16.1. The fraction of sp³-hybridized carbons (Fsp3) is 0.667. The number of halogens is 1. The standard InChI is InChI=1S/C18H32BrNO2SSi/c1-17(2,3)23(21)20-16(14-9-11-15(19)12-10-14)13-22-24(7,8)18(4,5)6/h9-12,16,20H,13H2,1-8H3/t16-,23?/m0/s1. The monoisotopic (exact) mass is 433 g/mol. The van der Waals surface area contributed by atoms with Crippen LogP contribution in [0.2, 0.25) is 18.1 Å². The van der Waals surface area contributed by atoms with Gasteiger partial charge in [0.05, 0.1) is 12.6 Å². The number of nitrogens with one attached hydrogen (secondary N) is 1. The topological polar surface area (TPSA) is 44.3 Å². The molecule has 1 aromatic carbocycles. The van der Waals surface area contributed by atoms with Gasteiger partial charge in [-0.25, -0.2) is 0 Å². The summed E-state index contributed by atoms with van der Waals surface area (Å²) in [6.45, 7) is 17.6. The molecule has 0 amide bonds. The van der Waals surface area contributed by atoms with E-state index in [1.165, 1.54) is 0 Å². The predicted molar refractivity (Wildman–Crippen MR) is 111 cm³/mol. The summed E-state index contributed by atoms with van der Waals surface area (Å²) in [6, 6.07) is 8.03. The van der Waals surface area contributed by atoms with Crippen molar-refractivity contribution in [3.63, 3.8) is 0 Å². The van der Waals surface area contributed by atoms with Gasteiger partial charge in [0.1, 0.15) is 4.75 Å². The Kier molecular flexibility index (Phi) is 7.61. The molecule has 0 fully saturated rings. The van der Waals surface area contributed by atoms with Crippen LogP contribution >= 0.6 is 15.9 Å². The highest BCUT2D eigenvalue weighted by molar-refractivity contribution is 9.10. The Morgan fingerprint density at radius 3 is 2.04 bits per heavy atom. The van der Waals surface area contributed by atoms with E-state index in [0.717, 1.165) is 10.0 Å². The SMILES string of the molecule is CC(C)(C)[S+]([O-])N[C@@H](CO[Si](C)(C)C(C)(C)C)c1ccc(Br)cc1. The molecule has 0 aliphatic heterocycles. The molecule has 0 bridgehead atoms. The molecule has 0 heterocycles. The summed E-state index contributed by atoms with van der Waals surface area (Å²) in [6.07, 6.45) is 0. The molecule has 0 saturated carbocycles. The first-order chi connectivity index (χ1) is 10.7. The van der Waals surface area contributed by atoms with Crippen LogP contribution in [0.25, 0.3) is 0 Å². The molecule has 24 heavy (non-hydrogen) atoms. The fourth-order valence-corrected chi connectivity index (χ4v) is 3.80. The third kappa shape index (κ3) is 6.46. The Labute approximate surface area is 160 Å². The number of rotatable bonds is 6. The van der Waals surface area contributed by atoms with Crippen LogP contribution in [0.15, 0.2) is 28.7 Å².